The number of hydrogen-bond donors (Lipinski definition) is 2. The molecule has 0 aliphatic carbocycles. The first kappa shape index (κ1) is 15.2. The first-order chi connectivity index (χ1) is 10.1. The maximum Gasteiger partial charge on any atom is 0.338 e. The second kappa shape index (κ2) is 6.99. The topological polar surface area (TPSA) is 58.6 Å². The summed E-state index contributed by atoms with van der Waals surface area (Å²) in [5, 5.41) is 12.9. The molecule has 0 spiro atoms. The van der Waals surface area contributed by atoms with Crippen LogP contribution in [0.15, 0.2) is 42.5 Å². The molecule has 0 bridgehead atoms. The first-order valence-electron chi connectivity index (χ1n) is 6.58. The van der Waals surface area contributed by atoms with Gasteiger partial charge >= 0.3 is 5.97 Å². The summed E-state index contributed by atoms with van der Waals surface area (Å²) in [6.45, 7) is 2.66. The molecule has 0 amide bonds. The molecule has 0 saturated carbocycles. The molecule has 0 radical (unpaired) electrons. The number of esters is 1. The van der Waals surface area contributed by atoms with E-state index < -0.39 is 0 Å². The lowest BCUT2D eigenvalue weighted by molar-refractivity contribution is 0.0526. The number of benzene rings is 2. The minimum Gasteiger partial charge on any atom is -0.506 e. The van der Waals surface area contributed by atoms with Gasteiger partial charge in [0.1, 0.15) is 5.75 Å². The molecule has 0 saturated heterocycles. The van der Waals surface area contributed by atoms with E-state index in [0.29, 0.717) is 23.7 Å². The van der Waals surface area contributed by atoms with Gasteiger partial charge in [0.2, 0.25) is 0 Å². The Kier molecular flexibility index (Phi) is 5.06. The van der Waals surface area contributed by atoms with Crippen molar-refractivity contribution in [3.05, 3.63) is 58.6 Å². The van der Waals surface area contributed by atoms with Crippen LogP contribution in [0.2, 0.25) is 5.02 Å². The molecule has 0 aliphatic heterocycles. The molecule has 0 fully saturated rings. The average molecular weight is 306 g/mol. The zero-order chi connectivity index (χ0) is 15.2. The van der Waals surface area contributed by atoms with Crippen molar-refractivity contribution in [2.24, 2.45) is 0 Å². The number of phenolic OH excluding ortho intramolecular Hbond substituents is 1. The molecule has 0 aromatic heterocycles. The van der Waals surface area contributed by atoms with E-state index >= 15 is 0 Å². The molecule has 2 aromatic rings. The Morgan fingerprint density at radius 3 is 2.81 bits per heavy atom. The Morgan fingerprint density at radius 1 is 1.29 bits per heavy atom. The van der Waals surface area contributed by atoms with E-state index in [0.717, 1.165) is 11.3 Å². The SMILES string of the molecule is CCOC(=O)c1cccc(NCc2ccc(O)c(Cl)c2)c1. The fourth-order valence-corrected chi connectivity index (χ4v) is 2.04. The van der Waals surface area contributed by atoms with E-state index in [-0.39, 0.29) is 11.7 Å². The van der Waals surface area contributed by atoms with Gasteiger partial charge in [0.15, 0.2) is 0 Å². The van der Waals surface area contributed by atoms with Crippen LogP contribution in [0, 0.1) is 0 Å². The van der Waals surface area contributed by atoms with Crippen molar-refractivity contribution in [3.63, 3.8) is 0 Å². The Balaban J connectivity index is 2.04. The normalized spacial score (nSPS) is 10.2. The number of rotatable bonds is 5. The van der Waals surface area contributed by atoms with Crippen molar-refractivity contribution in [3.8, 4) is 5.75 Å². The quantitative estimate of drug-likeness (QED) is 0.824. The average Bonchev–Trinajstić information content (AvgIpc) is 2.49. The van der Waals surface area contributed by atoms with Gasteiger partial charge in [-0.05, 0) is 42.8 Å². The Hall–Kier alpha value is -2.20. The highest BCUT2D eigenvalue weighted by Gasteiger charge is 2.06. The predicted molar refractivity (Wildman–Crippen MR) is 82.8 cm³/mol. The number of aromatic hydroxyl groups is 1. The smallest absolute Gasteiger partial charge is 0.338 e. The summed E-state index contributed by atoms with van der Waals surface area (Å²) in [7, 11) is 0. The third-order valence-corrected chi connectivity index (χ3v) is 3.19. The van der Waals surface area contributed by atoms with Crippen molar-refractivity contribution >= 4 is 23.3 Å². The number of carbonyl (C=O) groups is 1. The van der Waals surface area contributed by atoms with Crippen molar-refractivity contribution in [1.29, 1.82) is 0 Å². The lowest BCUT2D eigenvalue weighted by Gasteiger charge is -2.09. The zero-order valence-electron chi connectivity index (χ0n) is 11.6. The summed E-state index contributed by atoms with van der Waals surface area (Å²) in [5.41, 5.74) is 2.25. The number of carbonyl (C=O) groups excluding carboxylic acids is 1. The van der Waals surface area contributed by atoms with Gasteiger partial charge in [-0.15, -0.1) is 0 Å². The van der Waals surface area contributed by atoms with Crippen LogP contribution in [0.4, 0.5) is 5.69 Å². The van der Waals surface area contributed by atoms with Crippen molar-refractivity contribution in [2.75, 3.05) is 11.9 Å². The molecule has 110 valence electrons. The molecule has 0 aliphatic rings. The van der Waals surface area contributed by atoms with E-state index in [2.05, 4.69) is 5.32 Å². The van der Waals surface area contributed by atoms with Gasteiger partial charge in [0.05, 0.1) is 17.2 Å². The third-order valence-electron chi connectivity index (χ3n) is 2.88. The molecule has 4 nitrogen and oxygen atoms in total. The Bertz CT molecular complexity index is 643. The number of ether oxygens (including phenoxy) is 1. The Labute approximate surface area is 128 Å². The summed E-state index contributed by atoms with van der Waals surface area (Å²) >= 11 is 5.86. The summed E-state index contributed by atoms with van der Waals surface area (Å²) in [6.07, 6.45) is 0. The maximum absolute atomic E-state index is 11.7. The second-order valence-corrected chi connectivity index (χ2v) is 4.85. The van der Waals surface area contributed by atoms with Crippen LogP contribution in [0.5, 0.6) is 5.75 Å². The molecule has 0 atom stereocenters. The lowest BCUT2D eigenvalue weighted by Crippen LogP contribution is -2.06. The lowest BCUT2D eigenvalue weighted by atomic mass is 10.2. The van der Waals surface area contributed by atoms with Crippen LogP contribution in [0.1, 0.15) is 22.8 Å². The predicted octanol–water partition coefficient (Wildman–Crippen LogP) is 3.83. The fourth-order valence-electron chi connectivity index (χ4n) is 1.84. The second-order valence-electron chi connectivity index (χ2n) is 4.44. The van der Waals surface area contributed by atoms with Crippen LogP contribution >= 0.6 is 11.6 Å². The summed E-state index contributed by atoms with van der Waals surface area (Å²) in [6, 6.07) is 12.1. The Morgan fingerprint density at radius 2 is 2.10 bits per heavy atom. The molecule has 2 rings (SSSR count). The van der Waals surface area contributed by atoms with E-state index in [1.165, 1.54) is 0 Å². The number of halogens is 1. The van der Waals surface area contributed by atoms with Crippen LogP contribution in [0.3, 0.4) is 0 Å². The summed E-state index contributed by atoms with van der Waals surface area (Å²) in [4.78, 5) is 11.7. The standard InChI is InChI=1S/C16H16ClNO3/c1-2-21-16(20)12-4-3-5-13(9-12)18-10-11-6-7-15(19)14(17)8-11/h3-9,18-19H,2,10H2,1H3. The molecule has 0 heterocycles. The van der Waals surface area contributed by atoms with Gasteiger partial charge in [-0.3, -0.25) is 0 Å². The summed E-state index contributed by atoms with van der Waals surface area (Å²) < 4.78 is 4.96. The highest BCUT2D eigenvalue weighted by molar-refractivity contribution is 6.32. The van der Waals surface area contributed by atoms with E-state index in [1.807, 2.05) is 6.07 Å². The van der Waals surface area contributed by atoms with Crippen LogP contribution in [0.25, 0.3) is 0 Å². The minimum atomic E-state index is -0.339. The molecule has 2 N–H and O–H groups in total. The maximum atomic E-state index is 11.7. The number of nitrogens with one attached hydrogen (secondary N) is 1. The van der Waals surface area contributed by atoms with Crippen molar-refractivity contribution < 1.29 is 14.6 Å². The van der Waals surface area contributed by atoms with Gasteiger partial charge < -0.3 is 15.2 Å². The van der Waals surface area contributed by atoms with Gasteiger partial charge in [0, 0.05) is 12.2 Å². The minimum absolute atomic E-state index is 0.0599. The largest absolute Gasteiger partial charge is 0.506 e. The molecule has 0 unspecified atom stereocenters. The van der Waals surface area contributed by atoms with Gasteiger partial charge in [-0.25, -0.2) is 4.79 Å². The van der Waals surface area contributed by atoms with Gasteiger partial charge in [0.25, 0.3) is 0 Å². The van der Waals surface area contributed by atoms with Crippen molar-refractivity contribution in [1.82, 2.24) is 0 Å². The first-order valence-corrected chi connectivity index (χ1v) is 6.96. The summed E-state index contributed by atoms with van der Waals surface area (Å²) in [5.74, 6) is -0.279. The monoisotopic (exact) mass is 305 g/mol. The molecular weight excluding hydrogens is 290 g/mol. The highest BCUT2D eigenvalue weighted by atomic mass is 35.5. The van der Waals surface area contributed by atoms with Gasteiger partial charge in [-0.2, -0.15) is 0 Å². The van der Waals surface area contributed by atoms with Crippen LogP contribution in [-0.2, 0) is 11.3 Å². The highest BCUT2D eigenvalue weighted by Crippen LogP contribution is 2.24. The van der Waals surface area contributed by atoms with E-state index in [4.69, 9.17) is 16.3 Å². The number of hydrogen-bond acceptors (Lipinski definition) is 4. The molecule has 5 heteroatoms. The van der Waals surface area contributed by atoms with Crippen molar-refractivity contribution in [2.45, 2.75) is 13.5 Å². The van der Waals surface area contributed by atoms with Crippen LogP contribution in [-0.4, -0.2) is 17.7 Å². The van der Waals surface area contributed by atoms with E-state index in [9.17, 15) is 9.90 Å². The molecule has 2 aromatic carbocycles. The third kappa shape index (κ3) is 4.13. The number of anilines is 1. The fraction of sp³-hybridized carbons (Fsp3) is 0.188. The molecule has 21 heavy (non-hydrogen) atoms. The van der Waals surface area contributed by atoms with E-state index in [1.54, 1.807) is 43.3 Å². The molecular formula is C16H16ClNO3. The number of phenols is 1. The zero-order valence-corrected chi connectivity index (χ0v) is 12.4. The van der Waals surface area contributed by atoms with Crippen LogP contribution < -0.4 is 5.32 Å². The van der Waals surface area contributed by atoms with Gasteiger partial charge in [-0.1, -0.05) is 23.7 Å².